The van der Waals surface area contributed by atoms with E-state index in [0.29, 0.717) is 6.42 Å². The lowest BCUT2D eigenvalue weighted by atomic mass is 10.0. The number of hydrogen-bond donors (Lipinski definition) is 2. The molecule has 214 valence electrons. The van der Waals surface area contributed by atoms with E-state index < -0.39 is 47.3 Å². The van der Waals surface area contributed by atoms with Gasteiger partial charge in [0, 0.05) is 41.5 Å². The van der Waals surface area contributed by atoms with E-state index >= 15 is 0 Å². The highest BCUT2D eigenvalue weighted by Crippen LogP contribution is 2.36. The lowest BCUT2D eigenvalue weighted by Gasteiger charge is -2.22. The number of anilines is 1. The predicted octanol–water partition coefficient (Wildman–Crippen LogP) is 6.30. The first-order valence-corrected chi connectivity index (χ1v) is 12.5. The summed E-state index contributed by atoms with van der Waals surface area (Å²) >= 11 is 12.3. The van der Waals surface area contributed by atoms with Crippen molar-refractivity contribution in [3.63, 3.8) is 0 Å². The number of aromatic nitrogens is 1. The molecule has 2 N–H and O–H groups in total. The highest BCUT2D eigenvalue weighted by atomic mass is 35.5. The quantitative estimate of drug-likeness (QED) is 0.281. The van der Waals surface area contributed by atoms with E-state index in [-0.39, 0.29) is 39.1 Å². The zero-order chi connectivity index (χ0) is 29.8. The Morgan fingerprint density at radius 3 is 2.42 bits per heavy atom. The van der Waals surface area contributed by atoms with Crippen LogP contribution in [0.5, 0.6) is 5.75 Å². The Morgan fingerprint density at radius 2 is 1.80 bits per heavy atom. The first-order chi connectivity index (χ1) is 18.6. The molecule has 0 spiro atoms. The summed E-state index contributed by atoms with van der Waals surface area (Å²) in [5, 5.41) is 12.5. The Kier molecular flexibility index (Phi) is 9.65. The molecule has 1 aromatic heterocycles. The number of halogens is 6. The molecule has 1 heterocycles. The van der Waals surface area contributed by atoms with Crippen molar-refractivity contribution in [1.29, 1.82) is 0 Å². The maximum atomic E-state index is 14.4. The number of rotatable bonds is 9. The van der Waals surface area contributed by atoms with Crippen LogP contribution in [0.15, 0.2) is 48.7 Å². The average molecular weight is 602 g/mol. The van der Waals surface area contributed by atoms with Gasteiger partial charge in [-0.3, -0.25) is 14.5 Å². The molecule has 0 radical (unpaired) electrons. The molecule has 3 aromatic rings. The summed E-state index contributed by atoms with van der Waals surface area (Å²) in [7, 11) is 1.18. The molecule has 0 bridgehead atoms. The van der Waals surface area contributed by atoms with Crippen LogP contribution in [0, 0.1) is 5.82 Å². The molecule has 3 rings (SSSR count). The third kappa shape index (κ3) is 8.06. The van der Waals surface area contributed by atoms with Crippen LogP contribution in [-0.2, 0) is 0 Å². The molecule has 0 aliphatic carbocycles. The second-order valence-corrected chi connectivity index (χ2v) is 10.2. The Bertz CT molecular complexity index is 1390. The summed E-state index contributed by atoms with van der Waals surface area (Å²) in [6, 6.07) is 9.09. The highest BCUT2D eigenvalue weighted by molar-refractivity contribution is 6.34. The topological polar surface area (TPSA) is 91.8 Å². The molecular weight excluding hydrogens is 577 g/mol. The lowest BCUT2D eigenvalue weighted by molar-refractivity contribution is -0.153. The molecular formula is C27H25Cl2F4N3O4. The standard InChI is InChI=1S/C27H25Cl2F4N3O4/c1-26(2,39)9-10-34-24(37)15-7-8-18(28)17(11-15)16-12-21(40-14-27(31,32)33)23(35-13-16)36(3)25(38)22-19(29)5-4-6-20(22)30/h4-8,11-13,39H,9-10,14H2,1-3H3,(H,34,37). The van der Waals surface area contributed by atoms with E-state index in [1.807, 2.05) is 0 Å². The molecule has 0 saturated heterocycles. The summed E-state index contributed by atoms with van der Waals surface area (Å²) < 4.78 is 58.4. The minimum absolute atomic E-state index is 0.159. The summed E-state index contributed by atoms with van der Waals surface area (Å²) in [6.45, 7) is 1.69. The number of aliphatic hydroxyl groups is 1. The first kappa shape index (κ1) is 31.1. The number of carbonyl (C=O) groups excluding carboxylic acids is 2. The maximum absolute atomic E-state index is 14.4. The third-order valence-electron chi connectivity index (χ3n) is 5.59. The van der Waals surface area contributed by atoms with Gasteiger partial charge in [-0.2, -0.15) is 13.2 Å². The van der Waals surface area contributed by atoms with Gasteiger partial charge in [-0.1, -0.05) is 29.3 Å². The van der Waals surface area contributed by atoms with Crippen molar-refractivity contribution in [3.05, 3.63) is 75.7 Å². The van der Waals surface area contributed by atoms with Gasteiger partial charge in [0.2, 0.25) is 0 Å². The number of carbonyl (C=O) groups is 2. The van der Waals surface area contributed by atoms with Crippen LogP contribution >= 0.6 is 23.2 Å². The zero-order valence-corrected chi connectivity index (χ0v) is 23.1. The van der Waals surface area contributed by atoms with E-state index in [1.54, 1.807) is 13.8 Å². The molecule has 13 heteroatoms. The third-order valence-corrected chi connectivity index (χ3v) is 6.23. The first-order valence-electron chi connectivity index (χ1n) is 11.8. The molecule has 2 aromatic carbocycles. The van der Waals surface area contributed by atoms with E-state index in [0.717, 1.165) is 11.0 Å². The summed E-state index contributed by atoms with van der Waals surface area (Å²) in [5.41, 5.74) is -0.852. The molecule has 0 unspecified atom stereocenters. The van der Waals surface area contributed by atoms with E-state index in [2.05, 4.69) is 10.3 Å². The number of pyridine rings is 1. The van der Waals surface area contributed by atoms with Crippen molar-refractivity contribution in [2.24, 2.45) is 0 Å². The van der Waals surface area contributed by atoms with E-state index in [1.165, 1.54) is 49.6 Å². The highest BCUT2D eigenvalue weighted by Gasteiger charge is 2.31. The van der Waals surface area contributed by atoms with Gasteiger partial charge in [0.15, 0.2) is 18.2 Å². The largest absolute Gasteiger partial charge is 0.480 e. The van der Waals surface area contributed by atoms with Gasteiger partial charge in [0.05, 0.1) is 16.2 Å². The molecule has 7 nitrogen and oxygen atoms in total. The number of alkyl halides is 3. The summed E-state index contributed by atoms with van der Waals surface area (Å²) in [5.74, 6) is -3.15. The van der Waals surface area contributed by atoms with Crippen molar-refractivity contribution in [3.8, 4) is 16.9 Å². The fraction of sp³-hybridized carbons (Fsp3) is 0.296. The maximum Gasteiger partial charge on any atom is 0.422 e. The Morgan fingerprint density at radius 1 is 1.10 bits per heavy atom. The zero-order valence-electron chi connectivity index (χ0n) is 21.6. The monoisotopic (exact) mass is 601 g/mol. The van der Waals surface area contributed by atoms with Crippen LogP contribution in [0.2, 0.25) is 10.0 Å². The molecule has 0 aliphatic heterocycles. The number of benzene rings is 2. The van der Waals surface area contributed by atoms with Gasteiger partial charge >= 0.3 is 6.18 Å². The fourth-order valence-electron chi connectivity index (χ4n) is 3.54. The molecule has 0 aliphatic rings. The average Bonchev–Trinajstić information content (AvgIpc) is 2.85. The Labute approximate surface area is 237 Å². The van der Waals surface area contributed by atoms with Crippen LogP contribution in [0.1, 0.15) is 41.0 Å². The molecule has 0 atom stereocenters. The number of nitrogens with zero attached hydrogens (tertiary/aromatic N) is 2. The Balaban J connectivity index is 1.99. The molecule has 0 fully saturated rings. The number of ether oxygens (including phenoxy) is 1. The number of nitrogens with one attached hydrogen (secondary N) is 1. The van der Waals surface area contributed by atoms with Gasteiger partial charge in [0.1, 0.15) is 5.82 Å². The Hall–Kier alpha value is -3.41. The lowest BCUT2D eigenvalue weighted by Crippen LogP contribution is -2.30. The smallest absolute Gasteiger partial charge is 0.422 e. The van der Waals surface area contributed by atoms with Gasteiger partial charge in [0.25, 0.3) is 11.8 Å². The van der Waals surface area contributed by atoms with Crippen LogP contribution < -0.4 is 15.0 Å². The van der Waals surface area contributed by atoms with Crippen LogP contribution in [0.25, 0.3) is 11.1 Å². The second kappa shape index (κ2) is 12.4. The fourth-order valence-corrected chi connectivity index (χ4v) is 4.01. The second-order valence-electron chi connectivity index (χ2n) is 9.42. The van der Waals surface area contributed by atoms with E-state index in [4.69, 9.17) is 27.9 Å². The summed E-state index contributed by atoms with van der Waals surface area (Å²) in [6.07, 6.45) is -3.20. The molecule has 0 saturated carbocycles. The van der Waals surface area contributed by atoms with Gasteiger partial charge in [-0.05, 0) is 56.7 Å². The van der Waals surface area contributed by atoms with Crippen molar-refractivity contribution >= 4 is 40.8 Å². The molecule has 40 heavy (non-hydrogen) atoms. The predicted molar refractivity (Wildman–Crippen MR) is 144 cm³/mol. The van der Waals surface area contributed by atoms with Crippen molar-refractivity contribution in [2.45, 2.75) is 32.0 Å². The minimum atomic E-state index is -4.72. The van der Waals surface area contributed by atoms with Crippen molar-refractivity contribution < 1.29 is 37.0 Å². The van der Waals surface area contributed by atoms with Gasteiger partial charge < -0.3 is 15.2 Å². The van der Waals surface area contributed by atoms with Crippen molar-refractivity contribution in [1.82, 2.24) is 10.3 Å². The number of amides is 2. The minimum Gasteiger partial charge on any atom is -0.480 e. The van der Waals surface area contributed by atoms with E-state index in [9.17, 15) is 32.3 Å². The normalized spacial score (nSPS) is 11.8. The van der Waals surface area contributed by atoms with Gasteiger partial charge in [-0.25, -0.2) is 9.37 Å². The molecule has 2 amide bonds. The van der Waals surface area contributed by atoms with Gasteiger partial charge in [-0.15, -0.1) is 0 Å². The van der Waals surface area contributed by atoms with Crippen LogP contribution in [0.4, 0.5) is 23.4 Å². The summed E-state index contributed by atoms with van der Waals surface area (Å²) in [4.78, 5) is 30.6. The van der Waals surface area contributed by atoms with Crippen LogP contribution in [0.3, 0.4) is 0 Å². The van der Waals surface area contributed by atoms with Crippen molar-refractivity contribution in [2.75, 3.05) is 25.1 Å². The van der Waals surface area contributed by atoms with Crippen LogP contribution in [-0.4, -0.2) is 53.9 Å². The number of hydrogen-bond acceptors (Lipinski definition) is 5. The SMILES string of the molecule is CN(C(=O)c1c(F)cccc1Cl)c1ncc(-c2cc(C(=O)NCCC(C)(C)O)ccc2Cl)cc1OCC(F)(F)F.